The highest BCUT2D eigenvalue weighted by Gasteiger charge is 1.98. The van der Waals surface area contributed by atoms with Crippen LogP contribution in [0.25, 0.3) is 0 Å². The van der Waals surface area contributed by atoms with Crippen LogP contribution in [0, 0.1) is 0 Å². The summed E-state index contributed by atoms with van der Waals surface area (Å²) in [7, 11) is 0. The van der Waals surface area contributed by atoms with E-state index in [1.807, 2.05) is 0 Å². The first kappa shape index (κ1) is 11.0. The number of nitrogens with zero attached hydrogens (tertiary/aromatic N) is 1. The molecule has 0 aliphatic heterocycles. The molecule has 5 heteroatoms. The molecule has 76 valence electrons. The molecule has 0 spiro atoms. The summed E-state index contributed by atoms with van der Waals surface area (Å²) in [6.07, 6.45) is 2.01. The van der Waals surface area contributed by atoms with Gasteiger partial charge >= 0.3 is 0 Å². The minimum atomic E-state index is 0.117. The molecule has 0 aliphatic rings. The zero-order chi connectivity index (χ0) is 10.4. The summed E-state index contributed by atoms with van der Waals surface area (Å²) in [6.45, 7) is 0.257. The molecule has 1 aromatic rings. The number of aromatic nitrogens is 1. The molecule has 14 heavy (non-hydrogen) atoms. The molecule has 0 saturated heterocycles. The summed E-state index contributed by atoms with van der Waals surface area (Å²) >= 11 is 4.07. The van der Waals surface area contributed by atoms with Crippen molar-refractivity contribution in [2.24, 2.45) is 5.73 Å². The van der Waals surface area contributed by atoms with E-state index in [4.69, 9.17) is 10.5 Å². The molecule has 0 amide bonds. The molecule has 0 bridgehead atoms. The Morgan fingerprint density at radius 1 is 1.64 bits per heavy atom. The van der Waals surface area contributed by atoms with Gasteiger partial charge in [0.15, 0.2) is 0 Å². The van der Waals surface area contributed by atoms with Gasteiger partial charge in [0.25, 0.3) is 0 Å². The van der Waals surface area contributed by atoms with Crippen LogP contribution in [0.2, 0.25) is 0 Å². The minimum absolute atomic E-state index is 0.117. The summed E-state index contributed by atoms with van der Waals surface area (Å²) in [4.78, 5) is 4.68. The molecular weight excluding hydrogens is 203 g/mol. The van der Waals surface area contributed by atoms with Gasteiger partial charge in [-0.1, -0.05) is 0 Å². The highest BCUT2D eigenvalue weighted by molar-refractivity contribution is 7.80. The van der Waals surface area contributed by atoms with E-state index in [9.17, 15) is 4.39 Å². The molecule has 2 N–H and O–H groups in total. The molecule has 1 aromatic heterocycles. The normalized spacial score (nSPS) is 11.5. The number of pyridine rings is 1. The molecule has 0 unspecified atom stereocenters. The third-order valence-corrected chi connectivity index (χ3v) is 1.81. The van der Waals surface area contributed by atoms with E-state index >= 15 is 0 Å². The molecule has 0 saturated carbocycles. The van der Waals surface area contributed by atoms with Crippen molar-refractivity contribution in [1.29, 1.82) is 0 Å². The van der Waals surface area contributed by atoms with Crippen LogP contribution in [0.5, 0.6) is 5.88 Å². The van der Waals surface area contributed by atoms with E-state index in [0.717, 1.165) is 4.90 Å². The van der Waals surface area contributed by atoms with Gasteiger partial charge in [0, 0.05) is 29.3 Å². The number of hydrogen-bond acceptors (Lipinski definition) is 4. The van der Waals surface area contributed by atoms with Crippen molar-refractivity contribution >= 4 is 12.6 Å². The SMILES string of the molecule is NC/C(=C\F)COc1ccc(S)cn1. The van der Waals surface area contributed by atoms with Crippen LogP contribution in [-0.4, -0.2) is 18.1 Å². The van der Waals surface area contributed by atoms with Crippen LogP contribution >= 0.6 is 12.6 Å². The summed E-state index contributed by atoms with van der Waals surface area (Å²) in [5.74, 6) is 0.426. The summed E-state index contributed by atoms with van der Waals surface area (Å²) in [5.41, 5.74) is 5.64. The molecule has 1 heterocycles. The van der Waals surface area contributed by atoms with Gasteiger partial charge in [-0.3, -0.25) is 0 Å². The maximum atomic E-state index is 12.1. The largest absolute Gasteiger partial charge is 0.473 e. The van der Waals surface area contributed by atoms with Crippen molar-refractivity contribution in [2.75, 3.05) is 13.2 Å². The Morgan fingerprint density at radius 2 is 2.43 bits per heavy atom. The van der Waals surface area contributed by atoms with Crippen LogP contribution in [-0.2, 0) is 0 Å². The van der Waals surface area contributed by atoms with E-state index in [1.165, 1.54) is 0 Å². The van der Waals surface area contributed by atoms with Crippen molar-refractivity contribution in [3.63, 3.8) is 0 Å². The Bertz CT molecular complexity index is 313. The first-order valence-corrected chi connectivity index (χ1v) is 4.47. The lowest BCUT2D eigenvalue weighted by atomic mass is 10.3. The second kappa shape index (κ2) is 5.62. The number of halogens is 1. The molecular formula is C9H11FN2OS. The highest BCUT2D eigenvalue weighted by atomic mass is 32.1. The van der Waals surface area contributed by atoms with Gasteiger partial charge in [-0.15, -0.1) is 12.6 Å². The van der Waals surface area contributed by atoms with Gasteiger partial charge < -0.3 is 10.5 Å². The Kier molecular flexibility index (Phi) is 4.42. The van der Waals surface area contributed by atoms with Crippen molar-refractivity contribution < 1.29 is 9.13 Å². The Morgan fingerprint density at radius 3 is 2.93 bits per heavy atom. The van der Waals surface area contributed by atoms with Gasteiger partial charge in [0.1, 0.15) is 6.61 Å². The molecule has 3 nitrogen and oxygen atoms in total. The van der Waals surface area contributed by atoms with E-state index in [0.29, 0.717) is 17.8 Å². The summed E-state index contributed by atoms with van der Waals surface area (Å²) in [6, 6.07) is 3.40. The first-order valence-electron chi connectivity index (χ1n) is 4.02. The lowest BCUT2D eigenvalue weighted by Gasteiger charge is -2.05. The predicted molar refractivity (Wildman–Crippen MR) is 55.2 cm³/mol. The monoisotopic (exact) mass is 214 g/mol. The third kappa shape index (κ3) is 3.35. The fourth-order valence-corrected chi connectivity index (χ4v) is 0.892. The average molecular weight is 214 g/mol. The maximum Gasteiger partial charge on any atom is 0.213 e. The van der Waals surface area contributed by atoms with E-state index in [1.54, 1.807) is 18.3 Å². The van der Waals surface area contributed by atoms with Crippen LogP contribution in [0.3, 0.4) is 0 Å². The highest BCUT2D eigenvalue weighted by Crippen LogP contribution is 2.10. The second-order valence-corrected chi connectivity index (χ2v) is 3.13. The van der Waals surface area contributed by atoms with Crippen molar-refractivity contribution in [1.82, 2.24) is 4.98 Å². The number of rotatable bonds is 4. The lowest BCUT2D eigenvalue weighted by Crippen LogP contribution is -2.11. The predicted octanol–water partition coefficient (Wildman–Crippen LogP) is 1.56. The molecule has 1 rings (SSSR count). The zero-order valence-corrected chi connectivity index (χ0v) is 8.38. The fourth-order valence-electron chi connectivity index (χ4n) is 0.759. The standard InChI is InChI=1S/C9H11FN2OS/c10-3-7(4-11)6-13-9-2-1-8(14)5-12-9/h1-3,5,14H,4,6,11H2/b7-3+. The van der Waals surface area contributed by atoms with Gasteiger partial charge in [0.05, 0.1) is 6.33 Å². The van der Waals surface area contributed by atoms with Crippen LogP contribution in [0.15, 0.2) is 35.1 Å². The summed E-state index contributed by atoms with van der Waals surface area (Å²) in [5, 5.41) is 0. The molecule has 0 radical (unpaired) electrons. The van der Waals surface area contributed by atoms with Crippen LogP contribution in [0.4, 0.5) is 4.39 Å². The number of hydrogen-bond donors (Lipinski definition) is 2. The number of thiol groups is 1. The van der Waals surface area contributed by atoms with E-state index in [2.05, 4.69) is 17.6 Å². The van der Waals surface area contributed by atoms with Gasteiger partial charge in [0.2, 0.25) is 5.88 Å². The van der Waals surface area contributed by atoms with Crippen LogP contribution < -0.4 is 10.5 Å². The molecule has 0 aromatic carbocycles. The maximum absolute atomic E-state index is 12.1. The Balaban J connectivity index is 2.49. The van der Waals surface area contributed by atoms with Crippen LogP contribution in [0.1, 0.15) is 0 Å². The molecule has 0 fully saturated rings. The van der Waals surface area contributed by atoms with Crippen molar-refractivity contribution in [2.45, 2.75) is 4.90 Å². The lowest BCUT2D eigenvalue weighted by molar-refractivity contribution is 0.333. The van der Waals surface area contributed by atoms with E-state index in [-0.39, 0.29) is 13.2 Å². The zero-order valence-electron chi connectivity index (χ0n) is 7.48. The van der Waals surface area contributed by atoms with Crippen molar-refractivity contribution in [3.8, 4) is 5.88 Å². The molecule has 0 aliphatic carbocycles. The average Bonchev–Trinajstić information content (AvgIpc) is 2.22. The number of ether oxygens (including phenoxy) is 1. The summed E-state index contributed by atoms with van der Waals surface area (Å²) < 4.78 is 17.2. The van der Waals surface area contributed by atoms with Crippen molar-refractivity contribution in [3.05, 3.63) is 30.2 Å². The number of nitrogens with two attached hydrogens (primary N) is 1. The fraction of sp³-hybridized carbons (Fsp3) is 0.222. The molecule has 0 atom stereocenters. The quantitative estimate of drug-likeness (QED) is 0.748. The Labute approximate surface area is 87.2 Å². The first-order chi connectivity index (χ1) is 6.76. The minimum Gasteiger partial charge on any atom is -0.473 e. The van der Waals surface area contributed by atoms with E-state index < -0.39 is 0 Å². The van der Waals surface area contributed by atoms with Gasteiger partial charge in [-0.05, 0) is 6.07 Å². The topological polar surface area (TPSA) is 48.1 Å². The van der Waals surface area contributed by atoms with Gasteiger partial charge in [-0.2, -0.15) is 0 Å². The Hall–Kier alpha value is -1.07. The third-order valence-electron chi connectivity index (χ3n) is 1.54. The van der Waals surface area contributed by atoms with Gasteiger partial charge in [-0.25, -0.2) is 9.37 Å². The smallest absolute Gasteiger partial charge is 0.213 e. The second-order valence-electron chi connectivity index (χ2n) is 2.61.